The number of ether oxygens (including phenoxy) is 1. The molecule has 176 valence electrons. The molecular formula is C26H28N4O4. The van der Waals surface area contributed by atoms with E-state index in [1.54, 1.807) is 13.2 Å². The second-order valence-corrected chi connectivity index (χ2v) is 8.93. The first-order valence-corrected chi connectivity index (χ1v) is 11.8. The molecule has 1 saturated heterocycles. The number of methoxy groups -OCH3 is 1. The Morgan fingerprint density at radius 1 is 1.09 bits per heavy atom. The van der Waals surface area contributed by atoms with Crippen LogP contribution in [0.1, 0.15) is 38.5 Å². The van der Waals surface area contributed by atoms with Crippen LogP contribution in [0.5, 0.6) is 5.75 Å². The number of anilines is 1. The molecule has 2 amide bonds. The minimum Gasteiger partial charge on any atom is -0.497 e. The van der Waals surface area contributed by atoms with Gasteiger partial charge in [0, 0.05) is 24.6 Å². The van der Waals surface area contributed by atoms with Crippen molar-refractivity contribution in [1.29, 1.82) is 0 Å². The van der Waals surface area contributed by atoms with Gasteiger partial charge in [-0.1, -0.05) is 36.6 Å². The second kappa shape index (κ2) is 9.67. The highest BCUT2D eigenvalue weighted by molar-refractivity contribution is 5.99. The van der Waals surface area contributed by atoms with Crippen LogP contribution >= 0.6 is 0 Å². The first-order chi connectivity index (χ1) is 16.6. The van der Waals surface area contributed by atoms with Crippen LogP contribution in [0.25, 0.3) is 22.8 Å². The number of hydrogen-bond acceptors (Lipinski definition) is 6. The number of carbonyl (C=O) groups is 2. The van der Waals surface area contributed by atoms with Crippen molar-refractivity contribution in [2.45, 2.75) is 44.6 Å². The number of rotatable bonds is 6. The molecule has 1 atom stereocenters. The van der Waals surface area contributed by atoms with E-state index in [0.29, 0.717) is 29.5 Å². The van der Waals surface area contributed by atoms with Crippen molar-refractivity contribution >= 4 is 17.5 Å². The summed E-state index contributed by atoms with van der Waals surface area (Å²) >= 11 is 0. The molecule has 3 aromatic rings. The van der Waals surface area contributed by atoms with E-state index in [0.717, 1.165) is 37.0 Å². The van der Waals surface area contributed by atoms with E-state index in [-0.39, 0.29) is 30.2 Å². The quantitative estimate of drug-likeness (QED) is 0.580. The maximum Gasteiger partial charge on any atom is 0.260 e. The SMILES string of the molecule is COc1ccc(-c2noc(-c3ccccc3NC(=O)[C@@H]3CC(=O)N(C4CCCCC4)C3)n2)cc1. The number of amides is 2. The molecule has 2 aromatic carbocycles. The lowest BCUT2D eigenvalue weighted by Gasteiger charge is -2.31. The van der Waals surface area contributed by atoms with Crippen molar-refractivity contribution in [2.75, 3.05) is 19.0 Å². The number of nitrogens with zero attached hydrogens (tertiary/aromatic N) is 3. The summed E-state index contributed by atoms with van der Waals surface area (Å²) in [6.07, 6.45) is 5.87. The first kappa shape index (κ1) is 22.1. The molecule has 2 heterocycles. The third-order valence-corrected chi connectivity index (χ3v) is 6.73. The molecule has 0 radical (unpaired) electrons. The predicted octanol–water partition coefficient (Wildman–Crippen LogP) is 4.53. The van der Waals surface area contributed by atoms with E-state index >= 15 is 0 Å². The van der Waals surface area contributed by atoms with Crippen LogP contribution in [0, 0.1) is 5.92 Å². The molecule has 8 nitrogen and oxygen atoms in total. The van der Waals surface area contributed by atoms with Crippen LogP contribution in [0.15, 0.2) is 53.1 Å². The highest BCUT2D eigenvalue weighted by Gasteiger charge is 2.38. The zero-order valence-electron chi connectivity index (χ0n) is 19.2. The number of hydrogen-bond donors (Lipinski definition) is 1. The number of aromatic nitrogens is 2. The van der Waals surface area contributed by atoms with Gasteiger partial charge in [-0.3, -0.25) is 9.59 Å². The van der Waals surface area contributed by atoms with E-state index < -0.39 is 0 Å². The highest BCUT2D eigenvalue weighted by Crippen LogP contribution is 2.32. The van der Waals surface area contributed by atoms with Crippen molar-refractivity contribution in [3.8, 4) is 28.6 Å². The van der Waals surface area contributed by atoms with Gasteiger partial charge in [-0.2, -0.15) is 4.98 Å². The third kappa shape index (κ3) is 4.53. The standard InChI is InChI=1S/C26H28N4O4/c1-33-20-13-11-17(12-14-20)24-28-26(34-29-24)21-9-5-6-10-22(21)27-25(32)18-15-23(31)30(16-18)19-7-3-2-4-8-19/h5-6,9-14,18-19H,2-4,7-8,15-16H2,1H3,(H,27,32)/t18-/m1/s1. The summed E-state index contributed by atoms with van der Waals surface area (Å²) in [7, 11) is 1.61. The Balaban J connectivity index is 1.30. The summed E-state index contributed by atoms with van der Waals surface area (Å²) in [4.78, 5) is 32.2. The number of nitrogens with one attached hydrogen (secondary N) is 1. The lowest BCUT2D eigenvalue weighted by molar-refractivity contribution is -0.130. The van der Waals surface area contributed by atoms with Gasteiger partial charge >= 0.3 is 0 Å². The lowest BCUT2D eigenvalue weighted by atomic mass is 9.94. The minimum atomic E-state index is -0.361. The molecule has 34 heavy (non-hydrogen) atoms. The monoisotopic (exact) mass is 460 g/mol. The smallest absolute Gasteiger partial charge is 0.260 e. The number of para-hydroxylation sites is 1. The van der Waals surface area contributed by atoms with Crippen LogP contribution in [0.4, 0.5) is 5.69 Å². The largest absolute Gasteiger partial charge is 0.497 e. The Bertz CT molecular complexity index is 1170. The van der Waals surface area contributed by atoms with Crippen molar-refractivity contribution < 1.29 is 18.8 Å². The topological polar surface area (TPSA) is 97.6 Å². The minimum absolute atomic E-state index is 0.0846. The first-order valence-electron chi connectivity index (χ1n) is 11.8. The van der Waals surface area contributed by atoms with Crippen LogP contribution in [0.2, 0.25) is 0 Å². The van der Waals surface area contributed by atoms with Gasteiger partial charge in [0.1, 0.15) is 5.75 Å². The van der Waals surface area contributed by atoms with E-state index in [2.05, 4.69) is 15.5 Å². The lowest BCUT2D eigenvalue weighted by Crippen LogP contribution is -2.38. The average molecular weight is 461 g/mol. The highest BCUT2D eigenvalue weighted by atomic mass is 16.5. The fourth-order valence-corrected chi connectivity index (χ4v) is 4.86. The fraction of sp³-hybridized carbons (Fsp3) is 0.385. The number of likely N-dealkylation sites (tertiary alicyclic amines) is 1. The molecule has 1 saturated carbocycles. The summed E-state index contributed by atoms with van der Waals surface area (Å²) in [6.45, 7) is 0.486. The van der Waals surface area contributed by atoms with Crippen molar-refractivity contribution in [3.05, 3.63) is 48.5 Å². The van der Waals surface area contributed by atoms with Gasteiger partial charge in [0.2, 0.25) is 17.6 Å². The van der Waals surface area contributed by atoms with Gasteiger partial charge in [-0.15, -0.1) is 0 Å². The molecule has 2 aliphatic rings. The van der Waals surface area contributed by atoms with Gasteiger partial charge < -0.3 is 19.5 Å². The molecule has 0 bridgehead atoms. The summed E-state index contributed by atoms with van der Waals surface area (Å²) in [5.41, 5.74) is 2.02. The van der Waals surface area contributed by atoms with Gasteiger partial charge in [-0.25, -0.2) is 0 Å². The van der Waals surface area contributed by atoms with Crippen molar-refractivity contribution in [3.63, 3.8) is 0 Å². The normalized spacial score (nSPS) is 18.8. The summed E-state index contributed by atoms with van der Waals surface area (Å²) < 4.78 is 10.7. The van der Waals surface area contributed by atoms with Crippen LogP contribution < -0.4 is 10.1 Å². The maximum atomic E-state index is 13.1. The van der Waals surface area contributed by atoms with Gasteiger partial charge in [0.05, 0.1) is 24.3 Å². The van der Waals surface area contributed by atoms with Gasteiger partial charge in [0.15, 0.2) is 0 Å². The average Bonchev–Trinajstić information content (AvgIpc) is 3.52. The molecule has 0 spiro atoms. The Kier molecular flexibility index (Phi) is 6.29. The predicted molar refractivity (Wildman–Crippen MR) is 127 cm³/mol. The maximum absolute atomic E-state index is 13.1. The van der Waals surface area contributed by atoms with Crippen LogP contribution in [0.3, 0.4) is 0 Å². The zero-order chi connectivity index (χ0) is 23.5. The molecule has 1 aliphatic heterocycles. The second-order valence-electron chi connectivity index (χ2n) is 8.93. The van der Waals surface area contributed by atoms with Crippen LogP contribution in [-0.4, -0.2) is 46.6 Å². The molecule has 1 aliphatic carbocycles. The molecule has 1 aromatic heterocycles. The molecule has 2 fully saturated rings. The third-order valence-electron chi connectivity index (χ3n) is 6.73. The molecule has 8 heteroatoms. The van der Waals surface area contributed by atoms with Crippen molar-refractivity contribution in [2.24, 2.45) is 5.92 Å². The Hall–Kier alpha value is -3.68. The Morgan fingerprint density at radius 2 is 1.85 bits per heavy atom. The summed E-state index contributed by atoms with van der Waals surface area (Å²) in [5.74, 6) is 1.07. The molecular weight excluding hydrogens is 432 g/mol. The van der Waals surface area contributed by atoms with E-state index in [9.17, 15) is 9.59 Å². The van der Waals surface area contributed by atoms with Gasteiger partial charge in [-0.05, 0) is 49.2 Å². The van der Waals surface area contributed by atoms with Crippen LogP contribution in [-0.2, 0) is 9.59 Å². The number of carbonyl (C=O) groups excluding carboxylic acids is 2. The number of benzene rings is 2. The van der Waals surface area contributed by atoms with E-state index in [4.69, 9.17) is 9.26 Å². The van der Waals surface area contributed by atoms with E-state index in [1.807, 2.05) is 47.4 Å². The molecule has 0 unspecified atom stereocenters. The summed E-state index contributed by atoms with van der Waals surface area (Å²) in [5, 5.41) is 7.09. The summed E-state index contributed by atoms with van der Waals surface area (Å²) in [6, 6.07) is 15.0. The molecule has 5 rings (SSSR count). The van der Waals surface area contributed by atoms with Crippen molar-refractivity contribution in [1.82, 2.24) is 15.0 Å². The fourth-order valence-electron chi connectivity index (χ4n) is 4.86. The Morgan fingerprint density at radius 3 is 2.62 bits per heavy atom. The van der Waals surface area contributed by atoms with Gasteiger partial charge in [0.25, 0.3) is 5.89 Å². The Labute approximate surface area is 198 Å². The zero-order valence-corrected chi connectivity index (χ0v) is 19.2. The molecule has 1 N–H and O–H groups in total. The van der Waals surface area contributed by atoms with E-state index in [1.165, 1.54) is 6.42 Å².